The number of halogens is 2. The van der Waals surface area contributed by atoms with E-state index < -0.39 is 0 Å². The first-order valence-corrected chi connectivity index (χ1v) is 8.96. The average Bonchev–Trinajstić information content (AvgIpc) is 2.97. The number of alkyl halides is 1. The van der Waals surface area contributed by atoms with Gasteiger partial charge in [0.15, 0.2) is 11.4 Å². The number of thiazole rings is 1. The van der Waals surface area contributed by atoms with Crippen LogP contribution in [-0.4, -0.2) is 26.5 Å². The number of aromatic nitrogens is 1. The van der Waals surface area contributed by atoms with E-state index in [1.165, 1.54) is 0 Å². The molecule has 0 unspecified atom stereocenters. The summed E-state index contributed by atoms with van der Waals surface area (Å²) in [4.78, 5) is 2.02. The van der Waals surface area contributed by atoms with Crippen LogP contribution in [0, 0.1) is 0 Å². The zero-order valence-corrected chi connectivity index (χ0v) is 17.4. The Morgan fingerprint density at radius 2 is 2.09 bits per heavy atom. The zero-order chi connectivity index (χ0) is 15.9. The van der Waals surface area contributed by atoms with Gasteiger partial charge in [0, 0.05) is 36.6 Å². The van der Waals surface area contributed by atoms with Gasteiger partial charge in [0.1, 0.15) is 6.20 Å². The van der Waals surface area contributed by atoms with Crippen molar-refractivity contribution in [3.8, 4) is 5.75 Å². The summed E-state index contributed by atoms with van der Waals surface area (Å²) in [5.41, 5.74) is 1.80. The van der Waals surface area contributed by atoms with E-state index >= 15 is 0 Å². The Hall–Kier alpha value is -0.990. The molecule has 2 aromatic rings. The van der Waals surface area contributed by atoms with Crippen LogP contribution in [0.4, 0.5) is 16.5 Å². The number of rotatable bonds is 7. The van der Waals surface area contributed by atoms with Gasteiger partial charge in [-0.1, -0.05) is 15.9 Å². The van der Waals surface area contributed by atoms with E-state index in [0.29, 0.717) is 0 Å². The number of azo groups is 1. The van der Waals surface area contributed by atoms with Crippen LogP contribution in [0.25, 0.3) is 0 Å². The van der Waals surface area contributed by atoms with Crippen LogP contribution in [0.15, 0.2) is 40.0 Å². The molecule has 0 radical (unpaired) electrons. The second-order valence-corrected chi connectivity index (χ2v) is 6.54. The number of aryl methyl sites for hydroxylation is 1. The highest BCUT2D eigenvalue weighted by atomic mass is 79.9. The standard InChI is InChI=1S/C15H20BrN4OS.BrH/c1-19(2)12-5-6-13(14(11-12)21-3)17-18-15-20(8-4-7-16)9-10-22-15;/h5-6,9-11H,4,7-8H2,1-3H3;1H/q+1;/p-1. The molecule has 0 fully saturated rings. The summed E-state index contributed by atoms with van der Waals surface area (Å²) in [5, 5.41) is 12.6. The van der Waals surface area contributed by atoms with Gasteiger partial charge in [-0.05, 0) is 35.0 Å². The number of benzene rings is 1. The first kappa shape index (κ1) is 20.1. The van der Waals surface area contributed by atoms with Crippen LogP contribution >= 0.6 is 27.3 Å². The van der Waals surface area contributed by atoms with E-state index in [4.69, 9.17) is 4.74 Å². The maximum absolute atomic E-state index is 5.41. The smallest absolute Gasteiger partial charge is 0.408 e. The molecule has 1 aromatic heterocycles. The fraction of sp³-hybridized carbons (Fsp3) is 0.400. The Balaban J connectivity index is 0.00000264. The molecular weight excluding hydrogens is 444 g/mol. The first-order chi connectivity index (χ1) is 10.7. The van der Waals surface area contributed by atoms with Crippen LogP contribution in [0.3, 0.4) is 0 Å². The second-order valence-electron chi connectivity index (χ2n) is 4.87. The Kier molecular flexibility index (Phi) is 8.72. The van der Waals surface area contributed by atoms with Gasteiger partial charge < -0.3 is 26.6 Å². The third kappa shape index (κ3) is 5.54. The second kappa shape index (κ2) is 10.00. The van der Waals surface area contributed by atoms with E-state index in [0.717, 1.165) is 40.6 Å². The molecule has 0 bridgehead atoms. The Morgan fingerprint density at radius 1 is 1.30 bits per heavy atom. The van der Waals surface area contributed by atoms with Crippen molar-refractivity contribution >= 4 is 43.8 Å². The summed E-state index contributed by atoms with van der Waals surface area (Å²) in [6.45, 7) is 0.930. The molecule has 126 valence electrons. The third-order valence-corrected chi connectivity index (χ3v) is 4.46. The molecule has 5 nitrogen and oxygen atoms in total. The molecule has 0 amide bonds. The summed E-state index contributed by atoms with van der Waals surface area (Å²) >= 11 is 5.03. The molecule has 23 heavy (non-hydrogen) atoms. The lowest BCUT2D eigenvalue weighted by atomic mass is 10.2. The maximum Gasteiger partial charge on any atom is 0.408 e. The lowest BCUT2D eigenvalue weighted by molar-refractivity contribution is -0.680. The van der Waals surface area contributed by atoms with E-state index in [1.807, 2.05) is 48.8 Å². The molecule has 1 aromatic carbocycles. The third-order valence-electron chi connectivity index (χ3n) is 3.12. The van der Waals surface area contributed by atoms with Crippen molar-refractivity contribution in [1.82, 2.24) is 0 Å². The van der Waals surface area contributed by atoms with Crippen LogP contribution in [0.2, 0.25) is 0 Å². The Bertz CT molecular complexity index is 646. The van der Waals surface area contributed by atoms with Gasteiger partial charge in [-0.15, -0.1) is 0 Å². The number of nitrogens with zero attached hydrogens (tertiary/aromatic N) is 4. The molecule has 0 N–H and O–H groups in total. The molecular formula is C15H20Br2N4OS. The molecule has 0 aliphatic heterocycles. The predicted octanol–water partition coefficient (Wildman–Crippen LogP) is 1.31. The summed E-state index contributed by atoms with van der Waals surface area (Å²) in [6.07, 6.45) is 3.10. The number of methoxy groups -OCH3 is 1. The van der Waals surface area contributed by atoms with Crippen molar-refractivity contribution < 1.29 is 26.3 Å². The minimum atomic E-state index is 0. The van der Waals surface area contributed by atoms with Crippen molar-refractivity contribution in [3.05, 3.63) is 29.8 Å². The number of hydrogen-bond acceptors (Lipinski definition) is 5. The van der Waals surface area contributed by atoms with E-state index in [2.05, 4.69) is 30.7 Å². The lowest BCUT2D eigenvalue weighted by Crippen LogP contribution is -3.00. The number of anilines is 1. The quantitative estimate of drug-likeness (QED) is 0.353. The Labute approximate surface area is 159 Å². The summed E-state index contributed by atoms with van der Waals surface area (Å²) in [5.74, 6) is 0.721. The summed E-state index contributed by atoms with van der Waals surface area (Å²) < 4.78 is 7.52. The molecule has 0 saturated carbocycles. The fourth-order valence-electron chi connectivity index (χ4n) is 1.90. The predicted molar refractivity (Wildman–Crippen MR) is 94.4 cm³/mol. The Morgan fingerprint density at radius 3 is 2.74 bits per heavy atom. The molecule has 0 spiro atoms. The van der Waals surface area contributed by atoms with Crippen molar-refractivity contribution in [3.63, 3.8) is 0 Å². The normalized spacial score (nSPS) is 10.6. The molecule has 0 aliphatic carbocycles. The summed E-state index contributed by atoms with van der Waals surface area (Å²) in [6, 6.07) is 5.89. The van der Waals surface area contributed by atoms with E-state index in [9.17, 15) is 0 Å². The summed E-state index contributed by atoms with van der Waals surface area (Å²) in [7, 11) is 5.64. The topological polar surface area (TPSA) is 41.1 Å². The van der Waals surface area contributed by atoms with Crippen molar-refractivity contribution in [1.29, 1.82) is 0 Å². The van der Waals surface area contributed by atoms with Crippen LogP contribution in [0.5, 0.6) is 5.75 Å². The number of hydrogen-bond donors (Lipinski definition) is 0. The SMILES string of the molecule is COc1cc(N(C)C)ccc1N=Nc1scc[n+]1CCCBr.[Br-]. The van der Waals surface area contributed by atoms with Crippen LogP contribution < -0.4 is 31.2 Å². The monoisotopic (exact) mass is 462 g/mol. The largest absolute Gasteiger partial charge is 1.00 e. The molecule has 0 aliphatic rings. The van der Waals surface area contributed by atoms with Gasteiger partial charge in [-0.25, -0.2) is 4.57 Å². The zero-order valence-electron chi connectivity index (χ0n) is 13.4. The van der Waals surface area contributed by atoms with Crippen molar-refractivity contribution in [2.45, 2.75) is 13.0 Å². The van der Waals surface area contributed by atoms with E-state index in [1.54, 1.807) is 18.4 Å². The van der Waals surface area contributed by atoms with Gasteiger partial charge in [-0.3, -0.25) is 0 Å². The number of ether oxygens (including phenoxy) is 1. The van der Waals surface area contributed by atoms with Gasteiger partial charge in [0.05, 0.1) is 18.8 Å². The van der Waals surface area contributed by atoms with Gasteiger partial charge in [-0.2, -0.15) is 0 Å². The minimum Gasteiger partial charge on any atom is -1.00 e. The van der Waals surface area contributed by atoms with Gasteiger partial charge in [0.2, 0.25) is 0 Å². The molecule has 8 heteroatoms. The molecule has 1 heterocycles. The van der Waals surface area contributed by atoms with Crippen molar-refractivity contribution in [2.75, 3.05) is 31.4 Å². The molecule has 0 saturated heterocycles. The van der Waals surface area contributed by atoms with Crippen molar-refractivity contribution in [2.24, 2.45) is 10.2 Å². The fourth-order valence-corrected chi connectivity index (χ4v) is 2.86. The van der Waals surface area contributed by atoms with Crippen LogP contribution in [-0.2, 0) is 6.54 Å². The molecule has 2 rings (SSSR count). The maximum atomic E-state index is 5.41. The minimum absolute atomic E-state index is 0. The average molecular weight is 464 g/mol. The van der Waals surface area contributed by atoms with E-state index in [-0.39, 0.29) is 17.0 Å². The van der Waals surface area contributed by atoms with Crippen LogP contribution in [0.1, 0.15) is 6.42 Å². The highest BCUT2D eigenvalue weighted by Crippen LogP contribution is 2.32. The molecule has 0 atom stereocenters. The highest BCUT2D eigenvalue weighted by molar-refractivity contribution is 9.09. The first-order valence-electron chi connectivity index (χ1n) is 6.95. The lowest BCUT2D eigenvalue weighted by Gasteiger charge is -2.13. The van der Waals surface area contributed by atoms with Gasteiger partial charge in [0.25, 0.3) is 0 Å². The highest BCUT2D eigenvalue weighted by Gasteiger charge is 2.13. The van der Waals surface area contributed by atoms with Gasteiger partial charge >= 0.3 is 5.13 Å².